The Morgan fingerprint density at radius 3 is 2.34 bits per heavy atom. The van der Waals surface area contributed by atoms with Crippen molar-refractivity contribution in [2.75, 3.05) is 27.3 Å². The molecule has 0 aliphatic rings. The second kappa shape index (κ2) is 10.9. The highest BCUT2D eigenvalue weighted by atomic mass is 35.5. The molecule has 0 amide bonds. The zero-order valence-corrected chi connectivity index (χ0v) is 18.7. The molecular weight excluding hydrogens is 432 g/mol. The first-order chi connectivity index (χ1) is 15.4. The van der Waals surface area contributed by atoms with Crippen LogP contribution in [0.4, 0.5) is 5.69 Å². The number of hydrogen-bond donors (Lipinski definition) is 1. The molecule has 0 heterocycles. The molecule has 0 spiro atoms. The summed E-state index contributed by atoms with van der Waals surface area (Å²) < 4.78 is 10.8. The minimum absolute atomic E-state index is 0.00248. The van der Waals surface area contributed by atoms with Crippen LogP contribution < -0.4 is 9.47 Å². The van der Waals surface area contributed by atoms with E-state index in [4.69, 9.17) is 21.1 Å². The maximum Gasteiger partial charge on any atom is 0.269 e. The number of ether oxygens (including phenoxy) is 2. The average molecular weight is 457 g/mol. The van der Waals surface area contributed by atoms with E-state index in [1.165, 1.54) is 24.3 Å². The number of nitro groups is 1. The molecule has 1 unspecified atom stereocenters. The van der Waals surface area contributed by atoms with Gasteiger partial charge in [0.05, 0.1) is 12.0 Å². The summed E-state index contributed by atoms with van der Waals surface area (Å²) in [5.41, 5.74) is 3.00. The lowest BCUT2D eigenvalue weighted by Gasteiger charge is -2.21. The molecule has 32 heavy (non-hydrogen) atoms. The quantitative estimate of drug-likeness (QED) is 0.348. The predicted molar refractivity (Wildman–Crippen MR) is 124 cm³/mol. The van der Waals surface area contributed by atoms with Gasteiger partial charge >= 0.3 is 0 Å². The van der Waals surface area contributed by atoms with Gasteiger partial charge in [-0.1, -0.05) is 35.9 Å². The van der Waals surface area contributed by atoms with Gasteiger partial charge in [-0.2, -0.15) is 0 Å². The summed E-state index contributed by atoms with van der Waals surface area (Å²) in [7, 11) is 3.54. The SMILES string of the molecule is COc1ccc(Cl)c(-c2ccc(CN(C)CC(O)COc3ccc([N+](=O)[O-])cc3)cc2)c1. The Labute approximate surface area is 191 Å². The van der Waals surface area contributed by atoms with Gasteiger partial charge in [-0.05, 0) is 48.5 Å². The summed E-state index contributed by atoms with van der Waals surface area (Å²) >= 11 is 6.33. The molecule has 3 aromatic rings. The zero-order chi connectivity index (χ0) is 23.1. The number of benzene rings is 3. The minimum atomic E-state index is -0.704. The third kappa shape index (κ3) is 6.43. The van der Waals surface area contributed by atoms with Crippen molar-refractivity contribution < 1.29 is 19.5 Å². The Morgan fingerprint density at radius 1 is 1.06 bits per heavy atom. The van der Waals surface area contributed by atoms with E-state index in [1.807, 2.05) is 54.4 Å². The highest BCUT2D eigenvalue weighted by Crippen LogP contribution is 2.31. The molecule has 0 aliphatic carbocycles. The average Bonchev–Trinajstić information content (AvgIpc) is 2.79. The van der Waals surface area contributed by atoms with E-state index in [1.54, 1.807) is 7.11 Å². The number of nitro benzene ring substituents is 1. The fraction of sp³-hybridized carbons (Fsp3) is 0.250. The second-order valence-corrected chi connectivity index (χ2v) is 7.86. The van der Waals surface area contributed by atoms with Gasteiger partial charge in [0.2, 0.25) is 0 Å². The fourth-order valence-electron chi connectivity index (χ4n) is 3.29. The first-order valence-corrected chi connectivity index (χ1v) is 10.4. The summed E-state index contributed by atoms with van der Waals surface area (Å²) in [6.45, 7) is 1.16. The highest BCUT2D eigenvalue weighted by Gasteiger charge is 2.12. The van der Waals surface area contributed by atoms with Crippen molar-refractivity contribution in [3.63, 3.8) is 0 Å². The Hall–Kier alpha value is -3.13. The summed E-state index contributed by atoms with van der Waals surface area (Å²) in [6, 6.07) is 19.4. The summed E-state index contributed by atoms with van der Waals surface area (Å²) in [6.07, 6.45) is -0.704. The van der Waals surface area contributed by atoms with Crippen LogP contribution in [0.3, 0.4) is 0 Å². The lowest BCUT2D eigenvalue weighted by Crippen LogP contribution is -2.32. The molecule has 0 bridgehead atoms. The van der Waals surface area contributed by atoms with Gasteiger partial charge in [0.1, 0.15) is 24.2 Å². The number of likely N-dealkylation sites (N-methyl/N-ethyl adjacent to an activating group) is 1. The van der Waals surface area contributed by atoms with E-state index in [0.717, 1.165) is 22.4 Å². The van der Waals surface area contributed by atoms with E-state index in [-0.39, 0.29) is 12.3 Å². The molecule has 0 saturated heterocycles. The van der Waals surface area contributed by atoms with Crippen molar-refractivity contribution >= 4 is 17.3 Å². The van der Waals surface area contributed by atoms with E-state index < -0.39 is 11.0 Å². The topological polar surface area (TPSA) is 85.1 Å². The van der Waals surface area contributed by atoms with Gasteiger partial charge in [0.25, 0.3) is 5.69 Å². The molecule has 8 heteroatoms. The number of methoxy groups -OCH3 is 1. The normalized spacial score (nSPS) is 11.9. The van der Waals surface area contributed by atoms with Crippen LogP contribution in [0.1, 0.15) is 5.56 Å². The van der Waals surface area contributed by atoms with Gasteiger partial charge in [0.15, 0.2) is 0 Å². The van der Waals surface area contributed by atoms with Crippen LogP contribution in [0.5, 0.6) is 11.5 Å². The number of non-ortho nitro benzene ring substituents is 1. The predicted octanol–water partition coefficient (Wildman–Crippen LogP) is 4.80. The Kier molecular flexibility index (Phi) is 8.05. The number of nitrogens with zero attached hydrogens (tertiary/aromatic N) is 2. The first-order valence-electron chi connectivity index (χ1n) is 10.0. The second-order valence-electron chi connectivity index (χ2n) is 7.46. The number of hydrogen-bond acceptors (Lipinski definition) is 6. The van der Waals surface area contributed by atoms with E-state index >= 15 is 0 Å². The number of aliphatic hydroxyl groups is 1. The Morgan fingerprint density at radius 2 is 1.72 bits per heavy atom. The molecule has 0 fully saturated rings. The van der Waals surface area contributed by atoms with E-state index in [0.29, 0.717) is 23.9 Å². The van der Waals surface area contributed by atoms with Gasteiger partial charge in [-0.3, -0.25) is 15.0 Å². The van der Waals surface area contributed by atoms with E-state index in [9.17, 15) is 15.2 Å². The molecule has 7 nitrogen and oxygen atoms in total. The van der Waals surface area contributed by atoms with Crippen molar-refractivity contribution in [3.05, 3.63) is 87.4 Å². The number of halogens is 1. The molecule has 168 valence electrons. The summed E-state index contributed by atoms with van der Waals surface area (Å²) in [4.78, 5) is 12.2. The van der Waals surface area contributed by atoms with Crippen LogP contribution in [-0.4, -0.2) is 48.3 Å². The van der Waals surface area contributed by atoms with E-state index in [2.05, 4.69) is 0 Å². The lowest BCUT2D eigenvalue weighted by molar-refractivity contribution is -0.384. The molecule has 1 N–H and O–H groups in total. The van der Waals surface area contributed by atoms with Crippen molar-refractivity contribution in [1.29, 1.82) is 0 Å². The highest BCUT2D eigenvalue weighted by molar-refractivity contribution is 6.33. The van der Waals surface area contributed by atoms with Gasteiger partial charge < -0.3 is 14.6 Å². The third-order valence-corrected chi connectivity index (χ3v) is 5.23. The van der Waals surface area contributed by atoms with Gasteiger partial charge in [-0.25, -0.2) is 0 Å². The molecule has 1 atom stereocenters. The summed E-state index contributed by atoms with van der Waals surface area (Å²) in [5, 5.41) is 21.6. The van der Waals surface area contributed by atoms with Crippen LogP contribution in [0, 0.1) is 10.1 Å². The monoisotopic (exact) mass is 456 g/mol. The zero-order valence-electron chi connectivity index (χ0n) is 17.9. The van der Waals surface area contributed by atoms with Crippen molar-refractivity contribution in [2.45, 2.75) is 12.6 Å². The minimum Gasteiger partial charge on any atom is -0.497 e. The summed E-state index contributed by atoms with van der Waals surface area (Å²) in [5.74, 6) is 1.22. The molecule has 0 saturated carbocycles. The van der Waals surface area contributed by atoms with Crippen molar-refractivity contribution in [1.82, 2.24) is 4.90 Å². The van der Waals surface area contributed by atoms with Crippen LogP contribution >= 0.6 is 11.6 Å². The third-order valence-electron chi connectivity index (χ3n) is 4.90. The molecule has 3 aromatic carbocycles. The maximum absolute atomic E-state index is 10.7. The van der Waals surface area contributed by atoms with Crippen molar-refractivity contribution in [2.24, 2.45) is 0 Å². The Bertz CT molecular complexity index is 1040. The molecule has 0 aromatic heterocycles. The standard InChI is InChI=1S/C24H25ClN2O5/c1-26(15-20(28)16-32-21-9-7-19(8-10-21)27(29)30)14-17-3-5-18(6-4-17)23-13-22(31-2)11-12-24(23)25/h3-13,20,28H,14-16H2,1-2H3. The van der Waals surface area contributed by atoms with Gasteiger partial charge in [-0.15, -0.1) is 0 Å². The number of aliphatic hydroxyl groups excluding tert-OH is 1. The van der Waals surface area contributed by atoms with Gasteiger partial charge in [0, 0.05) is 35.8 Å². The van der Waals surface area contributed by atoms with Crippen LogP contribution in [0.25, 0.3) is 11.1 Å². The lowest BCUT2D eigenvalue weighted by atomic mass is 10.0. The Balaban J connectivity index is 1.51. The van der Waals surface area contributed by atoms with Crippen LogP contribution in [0.15, 0.2) is 66.7 Å². The van der Waals surface area contributed by atoms with Crippen LogP contribution in [0.2, 0.25) is 5.02 Å². The largest absolute Gasteiger partial charge is 0.497 e. The van der Waals surface area contributed by atoms with Crippen LogP contribution in [-0.2, 0) is 6.54 Å². The first kappa shape index (κ1) is 23.5. The molecular formula is C24H25ClN2O5. The fourth-order valence-corrected chi connectivity index (χ4v) is 3.51. The molecule has 0 radical (unpaired) electrons. The maximum atomic E-state index is 10.7. The smallest absolute Gasteiger partial charge is 0.269 e. The molecule has 0 aliphatic heterocycles. The molecule has 3 rings (SSSR count). The van der Waals surface area contributed by atoms with Crippen molar-refractivity contribution in [3.8, 4) is 22.6 Å². The number of rotatable bonds is 10.